The van der Waals surface area contributed by atoms with E-state index in [9.17, 15) is 13.6 Å². The summed E-state index contributed by atoms with van der Waals surface area (Å²) >= 11 is 1.27. The van der Waals surface area contributed by atoms with Gasteiger partial charge in [0.25, 0.3) is 5.91 Å². The molecule has 1 aromatic carbocycles. The number of rotatable bonds is 5. The van der Waals surface area contributed by atoms with Crippen LogP contribution < -0.4 is 4.80 Å². The molecular weight excluding hydrogens is 394 g/mol. The Labute approximate surface area is 172 Å². The van der Waals surface area contributed by atoms with Gasteiger partial charge < -0.3 is 9.30 Å². The molecule has 4 bridgehead atoms. The molecule has 7 heteroatoms. The van der Waals surface area contributed by atoms with E-state index in [1.165, 1.54) is 29.9 Å². The molecule has 4 aliphatic rings. The van der Waals surface area contributed by atoms with Gasteiger partial charge in [0.15, 0.2) is 4.80 Å². The van der Waals surface area contributed by atoms with E-state index in [4.69, 9.17) is 4.74 Å². The van der Waals surface area contributed by atoms with Gasteiger partial charge in [-0.05, 0) is 62.0 Å². The van der Waals surface area contributed by atoms with E-state index < -0.39 is 11.6 Å². The van der Waals surface area contributed by atoms with Crippen LogP contribution in [0.5, 0.6) is 0 Å². The third-order valence-corrected chi connectivity index (χ3v) is 8.12. The average Bonchev–Trinajstić information content (AvgIpc) is 3.27. The highest BCUT2D eigenvalue weighted by molar-refractivity contribution is 7.12. The fourth-order valence-corrected chi connectivity index (χ4v) is 7.02. The highest BCUT2D eigenvalue weighted by Gasteiger charge is 2.61. The predicted octanol–water partition coefficient (Wildman–Crippen LogP) is 4.39. The third-order valence-electron chi connectivity index (χ3n) is 7.07. The zero-order valence-electron chi connectivity index (χ0n) is 16.4. The molecular formula is C22H24F2N2O2S. The highest BCUT2D eigenvalue weighted by Crippen LogP contribution is 2.65. The Hall–Kier alpha value is -1.86. The summed E-state index contributed by atoms with van der Waals surface area (Å²) in [6, 6.07) is 3.55. The van der Waals surface area contributed by atoms with Crippen LogP contribution in [0.1, 0.15) is 32.1 Å². The van der Waals surface area contributed by atoms with Crippen molar-refractivity contribution in [3.8, 4) is 10.4 Å². The lowest BCUT2D eigenvalue weighted by atomic mass is 9.75. The molecule has 1 heterocycles. The van der Waals surface area contributed by atoms with Crippen molar-refractivity contribution < 1.29 is 18.3 Å². The molecule has 1 amide bonds. The van der Waals surface area contributed by atoms with Crippen molar-refractivity contribution in [3.05, 3.63) is 40.8 Å². The SMILES string of the molecule is COCCn1cc(-c2ccc(F)cc2F)sc1=NC(=O)C12CC3CC(CC1C3)C2. The topological polar surface area (TPSA) is 43.6 Å². The van der Waals surface area contributed by atoms with E-state index in [0.29, 0.717) is 46.1 Å². The molecule has 0 aliphatic heterocycles. The van der Waals surface area contributed by atoms with Crippen LogP contribution in [-0.2, 0) is 16.1 Å². The molecule has 0 saturated heterocycles. The number of carbonyl (C=O) groups excluding carboxylic acids is 1. The number of nitrogens with zero attached hydrogens (tertiary/aromatic N) is 2. The van der Waals surface area contributed by atoms with Gasteiger partial charge >= 0.3 is 0 Å². The Balaban J connectivity index is 1.53. The van der Waals surface area contributed by atoms with E-state index >= 15 is 0 Å². The summed E-state index contributed by atoms with van der Waals surface area (Å²) in [4.78, 5) is 19.1. The number of hydrogen-bond donors (Lipinski definition) is 0. The maximum absolute atomic E-state index is 14.3. The quantitative estimate of drug-likeness (QED) is 0.723. The van der Waals surface area contributed by atoms with E-state index in [0.717, 1.165) is 31.7 Å². The van der Waals surface area contributed by atoms with Crippen molar-refractivity contribution >= 4 is 17.2 Å². The molecule has 1 aromatic heterocycles. The molecule has 4 nitrogen and oxygen atoms in total. The van der Waals surface area contributed by atoms with Crippen LogP contribution >= 0.6 is 11.3 Å². The Bertz CT molecular complexity index is 1010. The minimum absolute atomic E-state index is 0.00801. The number of halogens is 2. The maximum atomic E-state index is 14.3. The minimum atomic E-state index is -0.617. The zero-order chi connectivity index (χ0) is 20.2. The van der Waals surface area contributed by atoms with Gasteiger partial charge in [-0.15, -0.1) is 0 Å². The van der Waals surface area contributed by atoms with Crippen LogP contribution in [0, 0.1) is 34.8 Å². The third kappa shape index (κ3) is 3.19. The largest absolute Gasteiger partial charge is 0.383 e. The highest BCUT2D eigenvalue weighted by atomic mass is 32.1. The number of benzene rings is 1. The summed E-state index contributed by atoms with van der Waals surface area (Å²) < 4.78 is 34.6. The number of aromatic nitrogens is 1. The first-order valence-electron chi connectivity index (χ1n) is 10.2. The summed E-state index contributed by atoms with van der Waals surface area (Å²) in [5.41, 5.74) is 0.0354. The molecule has 4 aliphatic carbocycles. The molecule has 4 saturated carbocycles. The van der Waals surface area contributed by atoms with E-state index in [2.05, 4.69) is 4.99 Å². The number of ether oxygens (including phenoxy) is 1. The summed E-state index contributed by atoms with van der Waals surface area (Å²) in [5.74, 6) is 0.601. The number of amides is 1. The van der Waals surface area contributed by atoms with Crippen molar-refractivity contribution in [1.82, 2.24) is 4.57 Å². The van der Waals surface area contributed by atoms with Gasteiger partial charge in [0.05, 0.1) is 16.9 Å². The van der Waals surface area contributed by atoms with Crippen molar-refractivity contribution in [2.24, 2.45) is 28.2 Å². The molecule has 0 spiro atoms. The van der Waals surface area contributed by atoms with E-state index in [1.54, 1.807) is 13.3 Å². The smallest absolute Gasteiger partial charge is 0.254 e. The van der Waals surface area contributed by atoms with E-state index in [1.807, 2.05) is 4.57 Å². The number of methoxy groups -OCH3 is 1. The number of hydrogen-bond acceptors (Lipinski definition) is 3. The van der Waals surface area contributed by atoms with Gasteiger partial charge in [-0.3, -0.25) is 4.79 Å². The number of carbonyl (C=O) groups is 1. The van der Waals surface area contributed by atoms with Crippen LogP contribution in [-0.4, -0.2) is 24.2 Å². The van der Waals surface area contributed by atoms with Gasteiger partial charge in [0.1, 0.15) is 11.6 Å². The summed E-state index contributed by atoms with van der Waals surface area (Å²) in [5, 5.41) is 0. The first-order chi connectivity index (χ1) is 14.0. The fourth-order valence-electron chi connectivity index (χ4n) is 5.97. The van der Waals surface area contributed by atoms with Gasteiger partial charge in [0, 0.05) is 31.5 Å². The zero-order valence-corrected chi connectivity index (χ0v) is 17.2. The average molecular weight is 419 g/mol. The predicted molar refractivity (Wildman–Crippen MR) is 106 cm³/mol. The van der Waals surface area contributed by atoms with Gasteiger partial charge in [-0.25, -0.2) is 8.78 Å². The minimum Gasteiger partial charge on any atom is -0.383 e. The standard InChI is InChI=1S/C22H24F2N2O2S/c1-28-5-4-26-12-19(17-3-2-16(23)9-18(17)24)29-21(26)25-20(27)22-10-13-6-14(11-22)8-15(22)7-13/h2-3,9,12-15H,4-8,10-11H2,1H3. The van der Waals surface area contributed by atoms with Crippen molar-refractivity contribution in [3.63, 3.8) is 0 Å². The monoisotopic (exact) mass is 418 g/mol. The summed E-state index contributed by atoms with van der Waals surface area (Å²) in [7, 11) is 1.61. The molecule has 0 N–H and O–H groups in total. The molecule has 154 valence electrons. The van der Waals surface area contributed by atoms with Gasteiger partial charge in [0.2, 0.25) is 0 Å². The van der Waals surface area contributed by atoms with Crippen LogP contribution in [0.15, 0.2) is 29.4 Å². The van der Waals surface area contributed by atoms with Crippen molar-refractivity contribution in [2.45, 2.75) is 38.6 Å². The second kappa shape index (κ2) is 7.13. The lowest BCUT2D eigenvalue weighted by Gasteiger charge is -2.29. The summed E-state index contributed by atoms with van der Waals surface area (Å²) in [6.07, 6.45) is 7.32. The Kier molecular flexibility index (Phi) is 4.70. The van der Waals surface area contributed by atoms with E-state index in [-0.39, 0.29) is 11.3 Å². The van der Waals surface area contributed by atoms with Crippen LogP contribution in [0.2, 0.25) is 0 Å². The molecule has 2 aromatic rings. The lowest BCUT2D eigenvalue weighted by Crippen LogP contribution is -2.33. The second-order valence-electron chi connectivity index (χ2n) is 8.81. The lowest BCUT2D eigenvalue weighted by molar-refractivity contribution is -0.129. The molecule has 2 atom stereocenters. The number of thiazole rings is 1. The Morgan fingerprint density at radius 1 is 1.28 bits per heavy atom. The van der Waals surface area contributed by atoms with Gasteiger partial charge in [-0.1, -0.05) is 11.3 Å². The van der Waals surface area contributed by atoms with Crippen LogP contribution in [0.25, 0.3) is 10.4 Å². The fraction of sp³-hybridized carbons (Fsp3) is 0.545. The Morgan fingerprint density at radius 2 is 2.03 bits per heavy atom. The van der Waals surface area contributed by atoms with Gasteiger partial charge in [-0.2, -0.15) is 4.99 Å². The van der Waals surface area contributed by atoms with Crippen molar-refractivity contribution in [2.75, 3.05) is 13.7 Å². The second-order valence-corrected chi connectivity index (χ2v) is 9.81. The normalized spacial score (nSPS) is 30.4. The van der Waals surface area contributed by atoms with Crippen LogP contribution in [0.4, 0.5) is 8.78 Å². The van der Waals surface area contributed by atoms with Crippen LogP contribution in [0.3, 0.4) is 0 Å². The molecule has 6 rings (SSSR count). The Morgan fingerprint density at radius 3 is 2.72 bits per heavy atom. The first-order valence-corrected chi connectivity index (χ1v) is 11.0. The van der Waals surface area contributed by atoms with Crippen molar-refractivity contribution in [1.29, 1.82) is 0 Å². The molecule has 29 heavy (non-hydrogen) atoms. The molecule has 2 unspecified atom stereocenters. The molecule has 0 radical (unpaired) electrons. The maximum Gasteiger partial charge on any atom is 0.254 e. The molecule has 4 fully saturated rings. The first kappa shape index (κ1) is 19.1. The summed E-state index contributed by atoms with van der Waals surface area (Å²) in [6.45, 7) is 0.977.